The summed E-state index contributed by atoms with van der Waals surface area (Å²) in [4.78, 5) is 10.8. The second kappa shape index (κ2) is 3.57. The number of carbonyl (C=O) groups excluding carboxylic acids is 1. The molecule has 0 aromatic heterocycles. The normalized spacial score (nSPS) is 9.27. The van der Waals surface area contributed by atoms with Crippen LogP contribution < -0.4 is 0 Å². The van der Waals surface area contributed by atoms with Crippen molar-refractivity contribution in [3.63, 3.8) is 0 Å². The number of benzene rings is 1. The monoisotopic (exact) mass is 334 g/mol. The van der Waals surface area contributed by atoms with Gasteiger partial charge in [-0.25, -0.2) is 0 Å². The fourth-order valence-corrected chi connectivity index (χ4v) is 0.888. The quantitative estimate of drug-likeness (QED) is 0.780. The van der Waals surface area contributed by atoms with Crippen molar-refractivity contribution in [3.8, 4) is 5.75 Å². The second-order valence-electron chi connectivity index (χ2n) is 1.90. The fraction of sp³-hybridized carbons (Fsp3) is 0. The average Bonchev–Trinajstić information content (AvgIpc) is 2.05. The molecule has 1 aromatic rings. The van der Waals surface area contributed by atoms with Crippen LogP contribution >= 0.6 is 0 Å². The molecule has 0 bridgehead atoms. The van der Waals surface area contributed by atoms with Crippen LogP contribution in [-0.2, 0) is 24.7 Å². The first-order chi connectivity index (χ1) is 5.24. The van der Waals surface area contributed by atoms with Gasteiger partial charge >= 0.3 is 76.2 Å². The Labute approximate surface area is 76.4 Å². The molecule has 1 rings (SSSR count). The molecule has 3 nitrogen and oxygen atoms in total. The summed E-state index contributed by atoms with van der Waals surface area (Å²) in [7, 11) is 0. The standard InChI is InChI=1S/C7H6O3.Au/c8-6-3-1-5(2-4-6)7(9)10;/h1-4,8H,(H,9,10);/q;+1/p-1. The third kappa shape index (κ3) is 2.08. The van der Waals surface area contributed by atoms with E-state index in [1.54, 1.807) is 21.5 Å². The number of carbonyl (C=O) groups is 1. The molecule has 0 fully saturated rings. The summed E-state index contributed by atoms with van der Waals surface area (Å²) in [6, 6.07) is 5.85. The Balaban J connectivity index is 2.90. The van der Waals surface area contributed by atoms with Crippen LogP contribution in [0.5, 0.6) is 5.75 Å². The molecule has 0 heterocycles. The zero-order chi connectivity index (χ0) is 8.27. The van der Waals surface area contributed by atoms with E-state index in [4.69, 9.17) is 5.11 Å². The van der Waals surface area contributed by atoms with Crippen LogP contribution in [0, 0.1) is 0 Å². The summed E-state index contributed by atoms with van der Waals surface area (Å²) >= 11 is 1.68. The Morgan fingerprint density at radius 3 is 2.36 bits per heavy atom. The molecule has 0 aliphatic rings. The Hall–Kier alpha value is -0.770. The third-order valence-corrected chi connectivity index (χ3v) is 1.56. The molecule has 0 atom stereocenters. The van der Waals surface area contributed by atoms with Crippen molar-refractivity contribution in [2.75, 3.05) is 0 Å². The SMILES string of the molecule is O=C([O][Au])c1ccc(O)cc1. The first kappa shape index (κ1) is 8.33. The van der Waals surface area contributed by atoms with Gasteiger partial charge in [-0.05, 0) is 0 Å². The van der Waals surface area contributed by atoms with Crippen molar-refractivity contribution in [1.82, 2.24) is 0 Å². The van der Waals surface area contributed by atoms with Crippen molar-refractivity contribution >= 4 is 5.97 Å². The maximum atomic E-state index is 10.8. The molecule has 1 aromatic carbocycles. The minimum absolute atomic E-state index is 0.132. The minimum atomic E-state index is -0.423. The van der Waals surface area contributed by atoms with Crippen LogP contribution in [0.1, 0.15) is 10.4 Å². The van der Waals surface area contributed by atoms with E-state index < -0.39 is 5.97 Å². The van der Waals surface area contributed by atoms with Gasteiger partial charge < -0.3 is 0 Å². The number of hydrogen-bond acceptors (Lipinski definition) is 3. The van der Waals surface area contributed by atoms with Crippen molar-refractivity contribution in [1.29, 1.82) is 0 Å². The zero-order valence-corrected chi connectivity index (χ0v) is 7.54. The van der Waals surface area contributed by atoms with Gasteiger partial charge in [0.15, 0.2) is 0 Å². The van der Waals surface area contributed by atoms with Gasteiger partial charge in [0.2, 0.25) is 0 Å². The van der Waals surface area contributed by atoms with E-state index in [0.717, 1.165) is 0 Å². The van der Waals surface area contributed by atoms with Crippen molar-refractivity contribution in [2.45, 2.75) is 0 Å². The Bertz CT molecular complexity index is 255. The molecule has 0 aliphatic carbocycles. The van der Waals surface area contributed by atoms with Gasteiger partial charge in [0.25, 0.3) is 0 Å². The third-order valence-electron chi connectivity index (χ3n) is 1.16. The summed E-state index contributed by atoms with van der Waals surface area (Å²) < 4.78 is 4.40. The number of hydrogen-bond donors (Lipinski definition) is 1. The van der Waals surface area contributed by atoms with E-state index >= 15 is 0 Å². The Morgan fingerprint density at radius 2 is 1.91 bits per heavy atom. The molecule has 4 heteroatoms. The molecule has 0 unspecified atom stereocenters. The zero-order valence-electron chi connectivity index (χ0n) is 5.37. The van der Waals surface area contributed by atoms with Crippen LogP contribution in [0.4, 0.5) is 0 Å². The van der Waals surface area contributed by atoms with Crippen LogP contribution in [0.15, 0.2) is 24.3 Å². The number of rotatable bonds is 1. The Kier molecular flexibility index (Phi) is 2.70. The molecular formula is C7H5AuO3. The van der Waals surface area contributed by atoms with Gasteiger partial charge in [0, 0.05) is 0 Å². The van der Waals surface area contributed by atoms with E-state index in [1.807, 2.05) is 0 Å². The number of aromatic hydroxyl groups is 1. The summed E-state index contributed by atoms with van der Waals surface area (Å²) in [6.45, 7) is 0. The van der Waals surface area contributed by atoms with Gasteiger partial charge in [0.1, 0.15) is 0 Å². The average molecular weight is 334 g/mol. The first-order valence-electron chi connectivity index (χ1n) is 2.83. The van der Waals surface area contributed by atoms with Crippen molar-refractivity contribution in [3.05, 3.63) is 29.8 Å². The fourth-order valence-electron chi connectivity index (χ4n) is 0.633. The van der Waals surface area contributed by atoms with E-state index in [-0.39, 0.29) is 5.75 Å². The summed E-state index contributed by atoms with van der Waals surface area (Å²) in [5.74, 6) is -0.291. The predicted octanol–water partition coefficient (Wildman–Crippen LogP) is 1.01. The predicted molar refractivity (Wildman–Crippen MR) is 33.5 cm³/mol. The molecule has 62 valence electrons. The Morgan fingerprint density at radius 1 is 1.36 bits per heavy atom. The molecule has 0 aliphatic heterocycles. The van der Waals surface area contributed by atoms with Crippen molar-refractivity contribution < 1.29 is 34.6 Å². The van der Waals surface area contributed by atoms with Gasteiger partial charge in [-0.3, -0.25) is 0 Å². The van der Waals surface area contributed by atoms with Crippen LogP contribution in [0.2, 0.25) is 0 Å². The van der Waals surface area contributed by atoms with Gasteiger partial charge in [-0.2, -0.15) is 0 Å². The molecular weight excluding hydrogens is 329 g/mol. The number of phenols is 1. The topological polar surface area (TPSA) is 46.5 Å². The molecule has 0 saturated carbocycles. The van der Waals surface area contributed by atoms with Crippen LogP contribution in [0.25, 0.3) is 0 Å². The van der Waals surface area contributed by atoms with Crippen molar-refractivity contribution in [2.24, 2.45) is 0 Å². The second-order valence-corrected chi connectivity index (χ2v) is 2.34. The molecule has 1 N–H and O–H groups in total. The number of phenolic OH excluding ortho intramolecular Hbond substituents is 1. The summed E-state index contributed by atoms with van der Waals surface area (Å²) in [6.07, 6.45) is 0. The molecule has 0 saturated heterocycles. The van der Waals surface area contributed by atoms with Crippen LogP contribution in [-0.4, -0.2) is 11.1 Å². The maximum absolute atomic E-state index is 10.8. The van der Waals surface area contributed by atoms with Gasteiger partial charge in [-0.1, -0.05) is 0 Å². The van der Waals surface area contributed by atoms with Gasteiger partial charge in [0.05, 0.1) is 0 Å². The molecule has 0 radical (unpaired) electrons. The summed E-state index contributed by atoms with van der Waals surface area (Å²) in [5, 5.41) is 8.86. The van der Waals surface area contributed by atoms with E-state index in [1.165, 1.54) is 24.3 Å². The van der Waals surface area contributed by atoms with Crippen LogP contribution in [0.3, 0.4) is 0 Å². The summed E-state index contributed by atoms with van der Waals surface area (Å²) in [5.41, 5.74) is 0.422. The van der Waals surface area contributed by atoms with E-state index in [2.05, 4.69) is 3.24 Å². The molecule has 0 spiro atoms. The molecule has 0 amide bonds. The van der Waals surface area contributed by atoms with E-state index in [0.29, 0.717) is 5.56 Å². The van der Waals surface area contributed by atoms with E-state index in [9.17, 15) is 4.79 Å². The molecule has 11 heavy (non-hydrogen) atoms. The first-order valence-corrected chi connectivity index (χ1v) is 3.71. The van der Waals surface area contributed by atoms with Gasteiger partial charge in [-0.15, -0.1) is 0 Å².